The second kappa shape index (κ2) is 8.39. The lowest BCUT2D eigenvalue weighted by Crippen LogP contribution is -2.17. The smallest absolute Gasteiger partial charge is 0.341 e. The van der Waals surface area contributed by atoms with Gasteiger partial charge >= 0.3 is 5.97 Å². The van der Waals surface area contributed by atoms with E-state index in [0.717, 1.165) is 35.5 Å². The molecule has 8 heteroatoms. The molecule has 2 aromatic heterocycles. The molecule has 0 aromatic carbocycles. The Morgan fingerprint density at radius 2 is 2.15 bits per heavy atom. The van der Waals surface area contributed by atoms with Crippen LogP contribution in [-0.2, 0) is 22.4 Å². The first-order valence-electron chi connectivity index (χ1n) is 8.85. The molecule has 0 unspecified atom stereocenters. The molecular weight excluding hydrogens is 382 g/mol. The highest BCUT2D eigenvalue weighted by Gasteiger charge is 2.28. The minimum atomic E-state index is -0.382. The van der Waals surface area contributed by atoms with Crippen LogP contribution in [0, 0.1) is 19.8 Å². The van der Waals surface area contributed by atoms with E-state index in [2.05, 4.69) is 22.2 Å². The van der Waals surface area contributed by atoms with Gasteiger partial charge in [-0.25, -0.2) is 14.8 Å². The lowest BCUT2D eigenvalue weighted by atomic mass is 9.88. The molecule has 2 heterocycles. The van der Waals surface area contributed by atoms with Gasteiger partial charge in [0.15, 0.2) is 0 Å². The summed E-state index contributed by atoms with van der Waals surface area (Å²) in [6.07, 6.45) is 2.83. The number of anilines is 1. The Bertz CT molecular complexity index is 859. The summed E-state index contributed by atoms with van der Waals surface area (Å²) in [6, 6.07) is 1.86. The molecule has 1 atom stereocenters. The average Bonchev–Trinajstić information content (AvgIpc) is 2.95. The number of fused-ring (bicyclic) bond motifs is 1. The zero-order valence-electron chi connectivity index (χ0n) is 15.9. The zero-order valence-corrected chi connectivity index (χ0v) is 17.6. The van der Waals surface area contributed by atoms with E-state index in [4.69, 9.17) is 4.74 Å². The van der Waals surface area contributed by atoms with Crippen molar-refractivity contribution >= 4 is 40.0 Å². The topological polar surface area (TPSA) is 81.2 Å². The molecule has 1 amide bonds. The van der Waals surface area contributed by atoms with Gasteiger partial charge in [-0.05, 0) is 50.7 Å². The predicted molar refractivity (Wildman–Crippen MR) is 108 cm³/mol. The van der Waals surface area contributed by atoms with Gasteiger partial charge in [-0.15, -0.1) is 11.3 Å². The average molecular weight is 406 g/mol. The summed E-state index contributed by atoms with van der Waals surface area (Å²) in [5, 5.41) is 4.28. The van der Waals surface area contributed by atoms with Crippen LogP contribution in [0.4, 0.5) is 5.00 Å². The molecule has 1 aliphatic rings. The molecule has 2 aromatic rings. The summed E-state index contributed by atoms with van der Waals surface area (Å²) in [4.78, 5) is 34.5. The highest BCUT2D eigenvalue weighted by molar-refractivity contribution is 7.99. The third kappa shape index (κ3) is 4.68. The van der Waals surface area contributed by atoms with E-state index in [1.165, 1.54) is 35.1 Å². The molecule has 1 aliphatic carbocycles. The molecule has 27 heavy (non-hydrogen) atoms. The van der Waals surface area contributed by atoms with Crippen LogP contribution < -0.4 is 5.32 Å². The van der Waals surface area contributed by atoms with Gasteiger partial charge < -0.3 is 10.1 Å². The molecule has 144 valence electrons. The van der Waals surface area contributed by atoms with Crippen molar-refractivity contribution in [2.75, 3.05) is 18.2 Å². The molecule has 0 saturated carbocycles. The SMILES string of the molecule is COC(=O)c1c(NC(=O)CSc2cc(C)nc(C)n2)sc2c1CC[C@H](C)C2. The fraction of sp³-hybridized carbons (Fsp3) is 0.474. The highest BCUT2D eigenvalue weighted by atomic mass is 32.2. The van der Waals surface area contributed by atoms with Gasteiger partial charge in [-0.2, -0.15) is 0 Å². The second-order valence-corrected chi connectivity index (χ2v) is 8.88. The van der Waals surface area contributed by atoms with Crippen molar-refractivity contribution in [1.82, 2.24) is 9.97 Å². The van der Waals surface area contributed by atoms with E-state index in [9.17, 15) is 9.59 Å². The number of hydrogen-bond acceptors (Lipinski definition) is 7. The predicted octanol–water partition coefficient (Wildman–Crippen LogP) is 3.80. The maximum atomic E-state index is 12.5. The van der Waals surface area contributed by atoms with E-state index < -0.39 is 0 Å². The number of ether oxygens (including phenoxy) is 1. The monoisotopic (exact) mass is 405 g/mol. The quantitative estimate of drug-likeness (QED) is 0.463. The van der Waals surface area contributed by atoms with Crippen LogP contribution in [0.1, 0.15) is 45.7 Å². The summed E-state index contributed by atoms with van der Waals surface area (Å²) in [6.45, 7) is 5.94. The molecular formula is C19H23N3O3S2. The zero-order chi connectivity index (χ0) is 19.6. The highest BCUT2D eigenvalue weighted by Crippen LogP contribution is 2.40. The van der Waals surface area contributed by atoms with Gasteiger partial charge in [0.05, 0.1) is 18.4 Å². The minimum Gasteiger partial charge on any atom is -0.465 e. The Balaban J connectivity index is 1.74. The van der Waals surface area contributed by atoms with E-state index in [-0.39, 0.29) is 17.6 Å². The largest absolute Gasteiger partial charge is 0.465 e. The van der Waals surface area contributed by atoms with E-state index in [1.54, 1.807) is 0 Å². The number of hydrogen-bond donors (Lipinski definition) is 1. The van der Waals surface area contributed by atoms with E-state index >= 15 is 0 Å². The fourth-order valence-corrected chi connectivity index (χ4v) is 5.43. The van der Waals surface area contributed by atoms with Crippen molar-refractivity contribution in [3.05, 3.63) is 33.6 Å². The maximum Gasteiger partial charge on any atom is 0.341 e. The Kier molecular flexibility index (Phi) is 6.16. The Labute approximate surface area is 167 Å². The first-order valence-corrected chi connectivity index (χ1v) is 10.7. The molecule has 1 N–H and O–H groups in total. The molecule has 6 nitrogen and oxygen atoms in total. The number of amides is 1. The number of carbonyl (C=O) groups excluding carboxylic acids is 2. The van der Waals surface area contributed by atoms with E-state index in [0.29, 0.717) is 22.3 Å². The Morgan fingerprint density at radius 1 is 1.37 bits per heavy atom. The molecule has 0 bridgehead atoms. The number of esters is 1. The Morgan fingerprint density at radius 3 is 2.85 bits per heavy atom. The van der Waals surface area contributed by atoms with Crippen LogP contribution in [-0.4, -0.2) is 34.7 Å². The third-order valence-corrected chi connectivity index (χ3v) is 6.53. The van der Waals surface area contributed by atoms with Crippen LogP contribution in [0.25, 0.3) is 0 Å². The number of thiophene rings is 1. The van der Waals surface area contributed by atoms with Crippen LogP contribution in [0.15, 0.2) is 11.1 Å². The molecule has 0 saturated heterocycles. The standard InChI is InChI=1S/C19H23N3O3S2/c1-10-5-6-13-14(7-10)27-18(17(13)19(24)25-4)22-15(23)9-26-16-8-11(2)20-12(3)21-16/h8,10H,5-7,9H2,1-4H3,(H,22,23)/t10-/m0/s1. The molecule has 3 rings (SSSR count). The van der Waals surface area contributed by atoms with Crippen molar-refractivity contribution in [1.29, 1.82) is 0 Å². The van der Waals surface area contributed by atoms with Gasteiger partial charge in [-0.1, -0.05) is 18.7 Å². The van der Waals surface area contributed by atoms with Gasteiger partial charge in [0.1, 0.15) is 15.9 Å². The lowest BCUT2D eigenvalue weighted by Gasteiger charge is -2.18. The number of aromatic nitrogens is 2. The van der Waals surface area contributed by atoms with Gasteiger partial charge in [-0.3, -0.25) is 4.79 Å². The van der Waals surface area contributed by atoms with Crippen LogP contribution in [0.3, 0.4) is 0 Å². The number of aryl methyl sites for hydroxylation is 2. The van der Waals surface area contributed by atoms with Crippen molar-refractivity contribution < 1.29 is 14.3 Å². The number of carbonyl (C=O) groups is 2. The van der Waals surface area contributed by atoms with Crippen molar-refractivity contribution in [2.24, 2.45) is 5.92 Å². The number of methoxy groups -OCH3 is 1. The second-order valence-electron chi connectivity index (χ2n) is 6.78. The van der Waals surface area contributed by atoms with Crippen LogP contribution >= 0.6 is 23.1 Å². The summed E-state index contributed by atoms with van der Waals surface area (Å²) in [7, 11) is 1.37. The van der Waals surface area contributed by atoms with Gasteiger partial charge in [0, 0.05) is 10.6 Å². The van der Waals surface area contributed by atoms with Crippen molar-refractivity contribution in [3.8, 4) is 0 Å². The number of nitrogens with zero attached hydrogens (tertiary/aromatic N) is 2. The van der Waals surface area contributed by atoms with Crippen LogP contribution in [0.5, 0.6) is 0 Å². The summed E-state index contributed by atoms with van der Waals surface area (Å²) in [5.41, 5.74) is 2.44. The number of thioether (sulfide) groups is 1. The Hall–Kier alpha value is -1.93. The lowest BCUT2D eigenvalue weighted by molar-refractivity contribution is -0.113. The molecule has 0 aliphatic heterocycles. The molecule has 0 radical (unpaired) electrons. The molecule has 0 fully saturated rings. The summed E-state index contributed by atoms with van der Waals surface area (Å²) >= 11 is 2.85. The number of rotatable bonds is 5. The van der Waals surface area contributed by atoms with Gasteiger partial charge in [0.25, 0.3) is 0 Å². The fourth-order valence-electron chi connectivity index (χ4n) is 3.22. The normalized spacial score (nSPS) is 15.9. The van der Waals surface area contributed by atoms with Crippen molar-refractivity contribution in [2.45, 2.75) is 45.1 Å². The van der Waals surface area contributed by atoms with Gasteiger partial charge in [0.2, 0.25) is 5.91 Å². The maximum absolute atomic E-state index is 12.5. The first kappa shape index (κ1) is 19.8. The third-order valence-electron chi connectivity index (χ3n) is 4.45. The summed E-state index contributed by atoms with van der Waals surface area (Å²) in [5.74, 6) is 0.948. The molecule has 0 spiro atoms. The summed E-state index contributed by atoms with van der Waals surface area (Å²) < 4.78 is 4.96. The van der Waals surface area contributed by atoms with Crippen molar-refractivity contribution in [3.63, 3.8) is 0 Å². The van der Waals surface area contributed by atoms with E-state index in [1.807, 2.05) is 19.9 Å². The van der Waals surface area contributed by atoms with Crippen LogP contribution in [0.2, 0.25) is 0 Å². The first-order chi connectivity index (χ1) is 12.9. The minimum absolute atomic E-state index is 0.161. The number of nitrogens with one attached hydrogen (secondary N) is 1.